The molecule has 0 radical (unpaired) electrons. The minimum absolute atomic E-state index is 0.850. The lowest BCUT2D eigenvalue weighted by Crippen LogP contribution is -1.70. The van der Waals surface area contributed by atoms with Crippen LogP contribution in [0.4, 0.5) is 0 Å². The van der Waals surface area contributed by atoms with Gasteiger partial charge in [0.2, 0.25) is 0 Å². The number of thiazole rings is 1. The second kappa shape index (κ2) is 4.03. The Morgan fingerprint density at radius 2 is 2.09 bits per heavy atom. The second-order valence-electron chi connectivity index (χ2n) is 1.68. The molecule has 2 aromatic rings. The minimum Gasteiger partial charge on any atom is -0.236 e. The van der Waals surface area contributed by atoms with Crippen LogP contribution in [0.1, 0.15) is 13.8 Å². The SMILES string of the molecule is CC.c1cnc2ncsc2c1. The number of nitrogens with zero attached hydrogens (tertiary/aromatic N) is 2. The van der Waals surface area contributed by atoms with Crippen LogP contribution in [0.15, 0.2) is 23.8 Å². The fraction of sp³-hybridized carbons (Fsp3) is 0.250. The van der Waals surface area contributed by atoms with Crippen molar-refractivity contribution in [1.82, 2.24) is 9.97 Å². The third-order valence-electron chi connectivity index (χ3n) is 1.11. The second-order valence-corrected chi connectivity index (χ2v) is 2.56. The fourth-order valence-electron chi connectivity index (χ4n) is 0.704. The van der Waals surface area contributed by atoms with Crippen molar-refractivity contribution < 1.29 is 0 Å². The van der Waals surface area contributed by atoms with E-state index in [-0.39, 0.29) is 0 Å². The molecule has 11 heavy (non-hydrogen) atoms. The summed E-state index contributed by atoms with van der Waals surface area (Å²) in [5, 5.41) is 0. The molecule has 0 amide bonds. The summed E-state index contributed by atoms with van der Waals surface area (Å²) in [6, 6.07) is 3.93. The quantitative estimate of drug-likeness (QED) is 0.601. The van der Waals surface area contributed by atoms with Gasteiger partial charge in [0, 0.05) is 6.20 Å². The summed E-state index contributed by atoms with van der Waals surface area (Å²) in [6.07, 6.45) is 1.75. The zero-order chi connectivity index (χ0) is 8.10. The van der Waals surface area contributed by atoms with Crippen molar-refractivity contribution in [1.29, 1.82) is 0 Å². The van der Waals surface area contributed by atoms with Gasteiger partial charge in [-0.2, -0.15) is 0 Å². The Balaban J connectivity index is 0.000000281. The first-order chi connectivity index (χ1) is 5.47. The van der Waals surface area contributed by atoms with Crippen molar-refractivity contribution in [2.24, 2.45) is 0 Å². The first-order valence-electron chi connectivity index (χ1n) is 3.61. The summed E-state index contributed by atoms with van der Waals surface area (Å²) < 4.78 is 1.15. The van der Waals surface area contributed by atoms with Crippen LogP contribution in [0.3, 0.4) is 0 Å². The molecule has 2 nitrogen and oxygen atoms in total. The Morgan fingerprint density at radius 3 is 2.82 bits per heavy atom. The van der Waals surface area contributed by atoms with Gasteiger partial charge in [0.15, 0.2) is 5.65 Å². The zero-order valence-corrected chi connectivity index (χ0v) is 7.43. The van der Waals surface area contributed by atoms with E-state index in [0.717, 1.165) is 10.3 Å². The average molecular weight is 166 g/mol. The number of rotatable bonds is 0. The highest BCUT2D eigenvalue weighted by atomic mass is 32.1. The van der Waals surface area contributed by atoms with E-state index in [1.54, 1.807) is 23.0 Å². The molecule has 0 fully saturated rings. The first-order valence-corrected chi connectivity index (χ1v) is 4.49. The van der Waals surface area contributed by atoms with E-state index < -0.39 is 0 Å². The third kappa shape index (κ3) is 1.74. The standard InChI is InChI=1S/C6H4N2S.C2H6/c1-2-5-6(7-3-1)8-4-9-5;1-2/h1-4H;1-2H3. The van der Waals surface area contributed by atoms with Crippen LogP contribution in [-0.4, -0.2) is 9.97 Å². The van der Waals surface area contributed by atoms with Crippen LogP contribution in [-0.2, 0) is 0 Å². The van der Waals surface area contributed by atoms with Crippen LogP contribution in [0.5, 0.6) is 0 Å². The Labute approximate surface area is 69.9 Å². The van der Waals surface area contributed by atoms with Gasteiger partial charge in [-0.1, -0.05) is 13.8 Å². The molecule has 0 unspecified atom stereocenters. The minimum atomic E-state index is 0.850. The molecule has 0 aliphatic rings. The molecule has 0 aliphatic carbocycles. The lowest BCUT2D eigenvalue weighted by molar-refractivity contribution is 1.33. The number of aromatic nitrogens is 2. The molecule has 0 atom stereocenters. The molecule has 0 spiro atoms. The first kappa shape index (κ1) is 8.14. The van der Waals surface area contributed by atoms with Crippen molar-refractivity contribution in [2.45, 2.75) is 13.8 Å². The van der Waals surface area contributed by atoms with E-state index in [9.17, 15) is 0 Å². The number of pyridine rings is 1. The predicted octanol–water partition coefficient (Wildman–Crippen LogP) is 2.72. The Kier molecular flexibility index (Phi) is 2.98. The van der Waals surface area contributed by atoms with Crippen LogP contribution >= 0.6 is 11.3 Å². The van der Waals surface area contributed by atoms with Crippen molar-refractivity contribution in [2.75, 3.05) is 0 Å². The lowest BCUT2D eigenvalue weighted by atomic mass is 10.5. The predicted molar refractivity (Wildman–Crippen MR) is 48.8 cm³/mol. The molecule has 0 saturated heterocycles. The van der Waals surface area contributed by atoms with Gasteiger partial charge >= 0.3 is 0 Å². The largest absolute Gasteiger partial charge is 0.236 e. The summed E-state index contributed by atoms with van der Waals surface area (Å²) in [6.45, 7) is 4.00. The van der Waals surface area contributed by atoms with Crippen LogP contribution < -0.4 is 0 Å². The van der Waals surface area contributed by atoms with Gasteiger partial charge in [-0.25, -0.2) is 9.97 Å². The smallest absolute Gasteiger partial charge is 0.170 e. The van der Waals surface area contributed by atoms with E-state index in [1.165, 1.54) is 0 Å². The van der Waals surface area contributed by atoms with Gasteiger partial charge in [0.1, 0.15) is 0 Å². The lowest BCUT2D eigenvalue weighted by Gasteiger charge is -1.79. The molecule has 0 saturated carbocycles. The van der Waals surface area contributed by atoms with Crippen molar-refractivity contribution in [3.05, 3.63) is 23.8 Å². The number of fused-ring (bicyclic) bond motifs is 1. The normalized spacial score (nSPS) is 8.91. The summed E-state index contributed by atoms with van der Waals surface area (Å²) >= 11 is 1.61. The molecule has 0 aliphatic heterocycles. The van der Waals surface area contributed by atoms with Gasteiger partial charge in [-0.15, -0.1) is 11.3 Å². The van der Waals surface area contributed by atoms with E-state index in [0.29, 0.717) is 0 Å². The Bertz CT molecular complexity index is 286. The number of hydrogen-bond acceptors (Lipinski definition) is 3. The third-order valence-corrected chi connectivity index (χ3v) is 1.89. The van der Waals surface area contributed by atoms with Crippen LogP contribution in [0.2, 0.25) is 0 Å². The van der Waals surface area contributed by atoms with E-state index >= 15 is 0 Å². The topological polar surface area (TPSA) is 25.8 Å². The molecule has 2 aromatic heterocycles. The molecule has 2 rings (SSSR count). The van der Waals surface area contributed by atoms with Gasteiger partial charge in [0.25, 0.3) is 0 Å². The molecule has 58 valence electrons. The maximum absolute atomic E-state index is 4.04. The monoisotopic (exact) mass is 166 g/mol. The average Bonchev–Trinajstić information content (AvgIpc) is 2.55. The number of hydrogen-bond donors (Lipinski definition) is 0. The van der Waals surface area contributed by atoms with E-state index in [1.807, 2.05) is 26.0 Å². The van der Waals surface area contributed by atoms with Gasteiger partial charge in [-0.3, -0.25) is 0 Å². The maximum Gasteiger partial charge on any atom is 0.170 e. The Hall–Kier alpha value is -0.960. The van der Waals surface area contributed by atoms with Crippen molar-refractivity contribution in [3.8, 4) is 0 Å². The van der Waals surface area contributed by atoms with Crippen molar-refractivity contribution >= 4 is 21.7 Å². The van der Waals surface area contributed by atoms with E-state index in [2.05, 4.69) is 9.97 Å². The highest BCUT2D eigenvalue weighted by Gasteiger charge is 1.91. The highest BCUT2D eigenvalue weighted by molar-refractivity contribution is 7.16. The van der Waals surface area contributed by atoms with Gasteiger partial charge < -0.3 is 0 Å². The molecular weight excluding hydrogens is 156 g/mol. The molecule has 2 heterocycles. The van der Waals surface area contributed by atoms with Gasteiger partial charge in [0.05, 0.1) is 10.2 Å². The van der Waals surface area contributed by atoms with Gasteiger partial charge in [-0.05, 0) is 12.1 Å². The Morgan fingerprint density at radius 1 is 1.27 bits per heavy atom. The molecule has 3 heteroatoms. The maximum atomic E-state index is 4.04. The zero-order valence-electron chi connectivity index (χ0n) is 6.61. The summed E-state index contributed by atoms with van der Waals surface area (Å²) in [7, 11) is 0. The van der Waals surface area contributed by atoms with Crippen LogP contribution in [0.25, 0.3) is 10.3 Å². The van der Waals surface area contributed by atoms with Crippen LogP contribution in [0, 0.1) is 0 Å². The van der Waals surface area contributed by atoms with E-state index in [4.69, 9.17) is 0 Å². The molecule has 0 N–H and O–H groups in total. The summed E-state index contributed by atoms with van der Waals surface area (Å²) in [5.41, 5.74) is 2.65. The summed E-state index contributed by atoms with van der Waals surface area (Å²) in [4.78, 5) is 8.07. The molecular formula is C8H10N2S. The van der Waals surface area contributed by atoms with Crippen molar-refractivity contribution in [3.63, 3.8) is 0 Å². The highest BCUT2D eigenvalue weighted by Crippen LogP contribution is 2.12. The molecule has 0 aromatic carbocycles. The fourth-order valence-corrected chi connectivity index (χ4v) is 1.34. The summed E-state index contributed by atoms with van der Waals surface area (Å²) in [5.74, 6) is 0. The molecule has 0 bridgehead atoms.